The van der Waals surface area contributed by atoms with Crippen molar-refractivity contribution in [2.45, 2.75) is 32.4 Å². The molecule has 0 bridgehead atoms. The van der Waals surface area contributed by atoms with Crippen molar-refractivity contribution >= 4 is 23.4 Å². The molecule has 1 atom stereocenters. The largest absolute Gasteiger partial charge is 0.354 e. The summed E-state index contributed by atoms with van der Waals surface area (Å²) in [4.78, 5) is 28.4. The van der Waals surface area contributed by atoms with Crippen molar-refractivity contribution in [2.24, 2.45) is 0 Å². The van der Waals surface area contributed by atoms with E-state index in [1.165, 1.54) is 0 Å². The summed E-state index contributed by atoms with van der Waals surface area (Å²) < 4.78 is 0. The van der Waals surface area contributed by atoms with Gasteiger partial charge in [0, 0.05) is 18.1 Å². The molecule has 0 aliphatic rings. The first-order valence-corrected chi connectivity index (χ1v) is 10.9. The number of nitrogens with one attached hydrogen (secondary N) is 1. The normalized spacial score (nSPS) is 11.5. The molecule has 0 aliphatic heterocycles. The molecule has 31 heavy (non-hydrogen) atoms. The van der Waals surface area contributed by atoms with E-state index < -0.39 is 6.04 Å². The molecular formula is C26H27ClN2O2. The second kappa shape index (κ2) is 11.3. The van der Waals surface area contributed by atoms with Gasteiger partial charge in [-0.3, -0.25) is 9.59 Å². The second-order valence-electron chi connectivity index (χ2n) is 7.41. The summed E-state index contributed by atoms with van der Waals surface area (Å²) in [6.45, 7) is 2.87. The topological polar surface area (TPSA) is 49.4 Å². The maximum atomic E-state index is 13.5. The fourth-order valence-electron chi connectivity index (χ4n) is 3.44. The minimum absolute atomic E-state index is 0.110. The number of hydrogen-bond donors (Lipinski definition) is 1. The van der Waals surface area contributed by atoms with Gasteiger partial charge in [0.05, 0.1) is 6.42 Å². The van der Waals surface area contributed by atoms with Crippen LogP contribution in [0.2, 0.25) is 5.02 Å². The van der Waals surface area contributed by atoms with Gasteiger partial charge < -0.3 is 10.2 Å². The van der Waals surface area contributed by atoms with Crippen molar-refractivity contribution in [1.82, 2.24) is 10.2 Å². The molecule has 0 saturated carbocycles. The first-order valence-electron chi connectivity index (χ1n) is 10.5. The van der Waals surface area contributed by atoms with Gasteiger partial charge in [-0.15, -0.1) is 0 Å². The third-order valence-corrected chi connectivity index (χ3v) is 5.26. The molecule has 4 nitrogen and oxygen atoms in total. The third kappa shape index (κ3) is 6.43. The summed E-state index contributed by atoms with van der Waals surface area (Å²) in [6.07, 6.45) is 1.04. The Morgan fingerprint density at radius 1 is 0.871 bits per heavy atom. The molecule has 160 valence electrons. The maximum absolute atomic E-state index is 13.5. The monoisotopic (exact) mass is 434 g/mol. The van der Waals surface area contributed by atoms with E-state index >= 15 is 0 Å². The van der Waals surface area contributed by atoms with Crippen LogP contribution in [0, 0.1) is 0 Å². The summed E-state index contributed by atoms with van der Waals surface area (Å²) in [7, 11) is 0. The smallest absolute Gasteiger partial charge is 0.247 e. The standard InChI is InChI=1S/C26H27ClN2O2/c1-2-17-28-26(31)25(22-11-7-4-8-12-22)29(19-21-13-15-23(27)16-14-21)24(30)18-20-9-5-3-6-10-20/h3-16,25H,2,17-19H2,1H3,(H,28,31)/t25-/m0/s1. The zero-order valence-electron chi connectivity index (χ0n) is 17.6. The molecule has 0 heterocycles. The van der Waals surface area contributed by atoms with E-state index in [4.69, 9.17) is 11.6 Å². The molecule has 3 aromatic rings. The van der Waals surface area contributed by atoms with E-state index in [0.717, 1.165) is 23.1 Å². The van der Waals surface area contributed by atoms with Gasteiger partial charge in [-0.2, -0.15) is 0 Å². The van der Waals surface area contributed by atoms with Gasteiger partial charge in [0.15, 0.2) is 0 Å². The Morgan fingerprint density at radius 3 is 2.10 bits per heavy atom. The quantitative estimate of drug-likeness (QED) is 0.504. The summed E-state index contributed by atoms with van der Waals surface area (Å²) in [6, 6.07) is 25.7. The summed E-state index contributed by atoms with van der Waals surface area (Å²) in [5.41, 5.74) is 2.61. The molecule has 5 heteroatoms. The Hall–Kier alpha value is -3.11. The predicted molar refractivity (Wildman–Crippen MR) is 125 cm³/mol. The highest BCUT2D eigenvalue weighted by molar-refractivity contribution is 6.30. The lowest BCUT2D eigenvalue weighted by atomic mass is 10.0. The Labute approximate surface area is 188 Å². The third-order valence-electron chi connectivity index (χ3n) is 5.01. The van der Waals surface area contributed by atoms with Gasteiger partial charge in [-0.05, 0) is 35.2 Å². The molecule has 0 aromatic heterocycles. The zero-order chi connectivity index (χ0) is 22.1. The average molecular weight is 435 g/mol. The van der Waals surface area contributed by atoms with Crippen LogP contribution in [-0.4, -0.2) is 23.3 Å². The van der Waals surface area contributed by atoms with Crippen molar-refractivity contribution in [3.05, 3.63) is 107 Å². The van der Waals surface area contributed by atoms with Crippen molar-refractivity contribution in [3.63, 3.8) is 0 Å². The predicted octanol–water partition coefficient (Wildman–Crippen LogP) is 5.18. The number of carbonyl (C=O) groups excluding carboxylic acids is 2. The number of hydrogen-bond acceptors (Lipinski definition) is 2. The molecule has 0 saturated heterocycles. The lowest BCUT2D eigenvalue weighted by Crippen LogP contribution is -2.44. The summed E-state index contributed by atoms with van der Waals surface area (Å²) in [5, 5.41) is 3.60. The minimum Gasteiger partial charge on any atom is -0.354 e. The Morgan fingerprint density at radius 2 is 1.48 bits per heavy atom. The summed E-state index contributed by atoms with van der Waals surface area (Å²) in [5.74, 6) is -0.287. The number of rotatable bonds is 9. The molecule has 0 fully saturated rings. The fraction of sp³-hybridized carbons (Fsp3) is 0.231. The second-order valence-corrected chi connectivity index (χ2v) is 7.85. The number of carbonyl (C=O) groups is 2. The highest BCUT2D eigenvalue weighted by Crippen LogP contribution is 2.25. The van der Waals surface area contributed by atoms with Crippen LogP contribution in [0.3, 0.4) is 0 Å². The Bertz CT molecular complexity index is 975. The van der Waals surface area contributed by atoms with Crippen LogP contribution >= 0.6 is 11.6 Å². The van der Waals surface area contributed by atoms with Crippen LogP contribution < -0.4 is 5.32 Å². The van der Waals surface area contributed by atoms with E-state index in [1.807, 2.05) is 79.7 Å². The molecule has 3 aromatic carbocycles. The lowest BCUT2D eigenvalue weighted by Gasteiger charge is -2.32. The Balaban J connectivity index is 1.97. The minimum atomic E-state index is -0.723. The lowest BCUT2D eigenvalue weighted by molar-refractivity contribution is -0.141. The van der Waals surface area contributed by atoms with Gasteiger partial charge in [-0.1, -0.05) is 91.3 Å². The van der Waals surface area contributed by atoms with Crippen LogP contribution in [0.15, 0.2) is 84.9 Å². The van der Waals surface area contributed by atoms with Crippen LogP contribution in [0.5, 0.6) is 0 Å². The van der Waals surface area contributed by atoms with Crippen LogP contribution in [0.1, 0.15) is 36.1 Å². The summed E-state index contributed by atoms with van der Waals surface area (Å²) >= 11 is 6.04. The highest BCUT2D eigenvalue weighted by atomic mass is 35.5. The van der Waals surface area contributed by atoms with Gasteiger partial charge in [-0.25, -0.2) is 0 Å². The number of benzene rings is 3. The van der Waals surface area contributed by atoms with Crippen LogP contribution in [0.4, 0.5) is 0 Å². The van der Waals surface area contributed by atoms with Crippen LogP contribution in [-0.2, 0) is 22.6 Å². The van der Waals surface area contributed by atoms with E-state index in [2.05, 4.69) is 5.32 Å². The van der Waals surface area contributed by atoms with Crippen molar-refractivity contribution < 1.29 is 9.59 Å². The van der Waals surface area contributed by atoms with E-state index in [9.17, 15) is 9.59 Å². The fourth-order valence-corrected chi connectivity index (χ4v) is 3.56. The van der Waals surface area contributed by atoms with Gasteiger partial charge >= 0.3 is 0 Å². The van der Waals surface area contributed by atoms with Crippen molar-refractivity contribution in [2.75, 3.05) is 6.54 Å². The molecule has 3 rings (SSSR count). The van der Waals surface area contributed by atoms with Gasteiger partial charge in [0.1, 0.15) is 6.04 Å². The number of halogens is 1. The molecule has 0 radical (unpaired) electrons. The van der Waals surface area contributed by atoms with Gasteiger partial charge in [0.25, 0.3) is 0 Å². The molecule has 2 amide bonds. The van der Waals surface area contributed by atoms with E-state index in [1.54, 1.807) is 17.0 Å². The Kier molecular flexibility index (Phi) is 8.25. The zero-order valence-corrected chi connectivity index (χ0v) is 18.4. The molecule has 0 aliphatic carbocycles. The molecule has 0 unspecified atom stereocenters. The van der Waals surface area contributed by atoms with Crippen molar-refractivity contribution in [3.8, 4) is 0 Å². The van der Waals surface area contributed by atoms with E-state index in [-0.39, 0.29) is 18.2 Å². The molecule has 1 N–H and O–H groups in total. The first-order chi connectivity index (χ1) is 15.1. The maximum Gasteiger partial charge on any atom is 0.247 e. The van der Waals surface area contributed by atoms with Gasteiger partial charge in [0.2, 0.25) is 11.8 Å². The van der Waals surface area contributed by atoms with Crippen molar-refractivity contribution in [1.29, 1.82) is 0 Å². The molecule has 0 spiro atoms. The van der Waals surface area contributed by atoms with Crippen LogP contribution in [0.25, 0.3) is 0 Å². The van der Waals surface area contributed by atoms with E-state index in [0.29, 0.717) is 18.1 Å². The highest BCUT2D eigenvalue weighted by Gasteiger charge is 2.31. The SMILES string of the molecule is CCCNC(=O)[C@H](c1ccccc1)N(Cc1ccc(Cl)cc1)C(=O)Cc1ccccc1. The molecular weight excluding hydrogens is 408 g/mol. The average Bonchev–Trinajstić information content (AvgIpc) is 2.80. The first kappa shape index (κ1) is 22.6. The number of nitrogens with zero attached hydrogens (tertiary/aromatic N) is 1. The number of amides is 2.